The molecule has 0 radical (unpaired) electrons. The normalized spacial score (nSPS) is 11.4. The summed E-state index contributed by atoms with van der Waals surface area (Å²) in [5.41, 5.74) is 2.61. The highest BCUT2D eigenvalue weighted by Gasteiger charge is 2.10. The highest BCUT2D eigenvalue weighted by Crippen LogP contribution is 2.21. The van der Waals surface area contributed by atoms with E-state index in [4.69, 9.17) is 4.74 Å². The van der Waals surface area contributed by atoms with Gasteiger partial charge in [-0.2, -0.15) is 0 Å². The first kappa shape index (κ1) is 18.7. The first-order valence-electron chi connectivity index (χ1n) is 9.34. The Labute approximate surface area is 160 Å². The van der Waals surface area contributed by atoms with Crippen molar-refractivity contribution in [3.63, 3.8) is 0 Å². The third-order valence-corrected chi connectivity index (χ3v) is 4.55. The molecular weight excluding hydrogens is 334 g/mol. The van der Waals surface area contributed by atoms with Gasteiger partial charge in [-0.3, -0.25) is 4.79 Å². The molecule has 0 atom stereocenters. The van der Waals surface area contributed by atoms with Crippen LogP contribution in [-0.2, 0) is 4.79 Å². The molecule has 0 saturated heterocycles. The topological polar surface area (TPSA) is 38.3 Å². The lowest BCUT2D eigenvalue weighted by atomic mass is 10.0. The van der Waals surface area contributed by atoms with Gasteiger partial charge in [-0.25, -0.2) is 0 Å². The fourth-order valence-electron chi connectivity index (χ4n) is 3.00. The fourth-order valence-corrected chi connectivity index (χ4v) is 3.00. The van der Waals surface area contributed by atoms with Crippen molar-refractivity contribution in [2.75, 3.05) is 12.4 Å². The number of nitrogens with one attached hydrogen (secondary N) is 1. The van der Waals surface area contributed by atoms with Crippen LogP contribution >= 0.6 is 0 Å². The van der Waals surface area contributed by atoms with E-state index in [-0.39, 0.29) is 5.91 Å². The number of anilines is 1. The molecule has 0 fully saturated rings. The number of ether oxygens (including phenoxy) is 1. The number of rotatable bonds is 7. The van der Waals surface area contributed by atoms with Crippen LogP contribution in [0.1, 0.15) is 31.7 Å². The van der Waals surface area contributed by atoms with Gasteiger partial charge in [0.25, 0.3) is 5.91 Å². The second-order valence-corrected chi connectivity index (χ2v) is 6.56. The van der Waals surface area contributed by atoms with E-state index in [1.165, 1.54) is 10.8 Å². The van der Waals surface area contributed by atoms with E-state index >= 15 is 0 Å². The van der Waals surface area contributed by atoms with E-state index in [9.17, 15) is 4.79 Å². The Hall–Kier alpha value is -3.07. The number of carbonyl (C=O) groups is 1. The van der Waals surface area contributed by atoms with Crippen LogP contribution < -0.4 is 10.1 Å². The Morgan fingerprint density at radius 2 is 1.74 bits per heavy atom. The van der Waals surface area contributed by atoms with Crippen LogP contribution in [0.5, 0.6) is 5.75 Å². The molecule has 0 aliphatic carbocycles. The van der Waals surface area contributed by atoms with Crippen molar-refractivity contribution in [2.45, 2.75) is 26.2 Å². The zero-order valence-electron chi connectivity index (χ0n) is 15.9. The molecule has 0 heterocycles. The van der Waals surface area contributed by atoms with Crippen LogP contribution in [0.2, 0.25) is 0 Å². The molecule has 1 amide bonds. The summed E-state index contributed by atoms with van der Waals surface area (Å²) in [5, 5.41) is 5.38. The molecule has 0 saturated carbocycles. The van der Waals surface area contributed by atoms with Crippen molar-refractivity contribution in [3.8, 4) is 5.75 Å². The van der Waals surface area contributed by atoms with E-state index in [0.29, 0.717) is 0 Å². The molecule has 3 heteroatoms. The van der Waals surface area contributed by atoms with Crippen LogP contribution in [0, 0.1) is 0 Å². The quantitative estimate of drug-likeness (QED) is 0.521. The molecule has 0 aliphatic rings. The van der Waals surface area contributed by atoms with Crippen molar-refractivity contribution in [2.24, 2.45) is 0 Å². The number of hydrogen-bond acceptors (Lipinski definition) is 2. The average Bonchev–Trinajstić information content (AvgIpc) is 2.71. The van der Waals surface area contributed by atoms with Crippen LogP contribution in [0.15, 0.2) is 72.3 Å². The molecule has 0 bridgehead atoms. The van der Waals surface area contributed by atoms with Gasteiger partial charge in [0, 0.05) is 11.3 Å². The van der Waals surface area contributed by atoms with Crippen molar-refractivity contribution < 1.29 is 9.53 Å². The maximum absolute atomic E-state index is 12.8. The average molecular weight is 359 g/mol. The molecule has 0 aliphatic heterocycles. The van der Waals surface area contributed by atoms with Gasteiger partial charge in [-0.1, -0.05) is 49.7 Å². The van der Waals surface area contributed by atoms with Gasteiger partial charge in [0.05, 0.1) is 7.11 Å². The number of fused-ring (bicyclic) bond motifs is 1. The van der Waals surface area contributed by atoms with Crippen LogP contribution in [0.4, 0.5) is 5.69 Å². The first-order chi connectivity index (χ1) is 13.2. The predicted octanol–water partition coefficient (Wildman–Crippen LogP) is 6.06. The zero-order chi connectivity index (χ0) is 19.1. The summed E-state index contributed by atoms with van der Waals surface area (Å²) in [4.78, 5) is 12.8. The lowest BCUT2D eigenvalue weighted by molar-refractivity contribution is -0.112. The van der Waals surface area contributed by atoms with Crippen LogP contribution in [0.3, 0.4) is 0 Å². The molecule has 3 rings (SSSR count). The number of amides is 1. The predicted molar refractivity (Wildman–Crippen MR) is 113 cm³/mol. The number of unbranched alkanes of at least 4 members (excludes halogenated alkanes) is 1. The minimum atomic E-state index is -0.0539. The highest BCUT2D eigenvalue weighted by molar-refractivity contribution is 6.07. The van der Waals surface area contributed by atoms with E-state index in [0.717, 1.165) is 41.8 Å². The van der Waals surface area contributed by atoms with E-state index in [1.807, 2.05) is 42.5 Å². The molecule has 138 valence electrons. The van der Waals surface area contributed by atoms with E-state index in [2.05, 4.69) is 42.6 Å². The highest BCUT2D eigenvalue weighted by atomic mass is 16.5. The summed E-state index contributed by atoms with van der Waals surface area (Å²) in [6, 6.07) is 21.9. The van der Waals surface area contributed by atoms with E-state index < -0.39 is 0 Å². The SMILES string of the molecule is CCCC/C(=C\c1ccc2ccccc2c1)C(=O)Nc1ccc(OC)cc1. The molecule has 0 aromatic heterocycles. The molecule has 0 spiro atoms. The molecule has 3 aromatic rings. The third kappa shape index (κ3) is 4.98. The minimum Gasteiger partial charge on any atom is -0.497 e. The Morgan fingerprint density at radius 1 is 1.00 bits per heavy atom. The number of benzene rings is 3. The van der Waals surface area contributed by atoms with Gasteiger partial charge < -0.3 is 10.1 Å². The second-order valence-electron chi connectivity index (χ2n) is 6.56. The van der Waals surface area contributed by atoms with Crippen molar-refractivity contribution in [1.29, 1.82) is 0 Å². The van der Waals surface area contributed by atoms with Crippen LogP contribution in [-0.4, -0.2) is 13.0 Å². The summed E-state index contributed by atoms with van der Waals surface area (Å²) < 4.78 is 5.16. The molecule has 0 unspecified atom stereocenters. The summed E-state index contributed by atoms with van der Waals surface area (Å²) in [7, 11) is 1.63. The largest absolute Gasteiger partial charge is 0.497 e. The zero-order valence-corrected chi connectivity index (χ0v) is 15.9. The minimum absolute atomic E-state index is 0.0539. The molecule has 3 nitrogen and oxygen atoms in total. The number of hydrogen-bond donors (Lipinski definition) is 1. The fraction of sp³-hybridized carbons (Fsp3) is 0.208. The smallest absolute Gasteiger partial charge is 0.251 e. The van der Waals surface area contributed by atoms with Crippen LogP contribution in [0.25, 0.3) is 16.8 Å². The Kier molecular flexibility index (Phi) is 6.26. The Morgan fingerprint density at radius 3 is 2.44 bits per heavy atom. The summed E-state index contributed by atoms with van der Waals surface area (Å²) in [6.45, 7) is 2.13. The molecule has 3 aromatic carbocycles. The van der Waals surface area contributed by atoms with Gasteiger partial charge >= 0.3 is 0 Å². The van der Waals surface area contributed by atoms with Gasteiger partial charge in [0.1, 0.15) is 5.75 Å². The van der Waals surface area contributed by atoms with Crippen molar-refractivity contribution in [1.82, 2.24) is 0 Å². The summed E-state index contributed by atoms with van der Waals surface area (Å²) in [6.07, 6.45) is 4.78. The van der Waals surface area contributed by atoms with Gasteiger partial charge in [0.15, 0.2) is 0 Å². The number of carbonyl (C=O) groups excluding carboxylic acids is 1. The van der Waals surface area contributed by atoms with Crippen molar-refractivity contribution >= 4 is 28.4 Å². The lowest BCUT2D eigenvalue weighted by Crippen LogP contribution is -2.14. The maximum Gasteiger partial charge on any atom is 0.251 e. The number of methoxy groups -OCH3 is 1. The summed E-state index contributed by atoms with van der Waals surface area (Å²) >= 11 is 0. The maximum atomic E-state index is 12.8. The molecular formula is C24H25NO2. The Bertz CT molecular complexity index is 942. The Balaban J connectivity index is 1.84. The third-order valence-electron chi connectivity index (χ3n) is 4.55. The van der Waals surface area contributed by atoms with E-state index in [1.54, 1.807) is 7.11 Å². The monoisotopic (exact) mass is 359 g/mol. The molecule has 27 heavy (non-hydrogen) atoms. The summed E-state index contributed by atoms with van der Waals surface area (Å²) in [5.74, 6) is 0.715. The van der Waals surface area contributed by atoms with Gasteiger partial charge in [-0.05, 0) is 65.6 Å². The van der Waals surface area contributed by atoms with Crippen molar-refractivity contribution in [3.05, 3.63) is 77.9 Å². The standard InChI is InChI=1S/C24H25NO2/c1-3-4-7-21(24(26)25-22-12-14-23(27-2)15-13-22)17-18-10-11-19-8-5-6-9-20(19)16-18/h5-6,8-17H,3-4,7H2,1-2H3,(H,25,26)/b21-17+. The van der Waals surface area contributed by atoms with Gasteiger partial charge in [-0.15, -0.1) is 0 Å². The van der Waals surface area contributed by atoms with Gasteiger partial charge in [0.2, 0.25) is 0 Å². The molecule has 1 N–H and O–H groups in total. The second kappa shape index (κ2) is 9.04. The lowest BCUT2D eigenvalue weighted by Gasteiger charge is -2.10. The first-order valence-corrected chi connectivity index (χ1v) is 9.34.